The molecule has 0 aliphatic carbocycles. The number of nitrogens with one attached hydrogen (secondary N) is 2. The molecule has 0 unspecified atom stereocenters. The maximum Gasteiger partial charge on any atom is 0.261 e. The third-order valence-corrected chi connectivity index (χ3v) is 6.10. The van der Waals surface area contributed by atoms with Crippen LogP contribution in [0.3, 0.4) is 0 Å². The summed E-state index contributed by atoms with van der Waals surface area (Å²) < 4.78 is 27.8. The van der Waals surface area contributed by atoms with Gasteiger partial charge in [-0.3, -0.25) is 9.52 Å². The summed E-state index contributed by atoms with van der Waals surface area (Å²) in [6.07, 6.45) is 0. The molecule has 3 aromatic rings. The molecule has 0 bridgehead atoms. The van der Waals surface area contributed by atoms with Gasteiger partial charge in [-0.25, -0.2) is 8.42 Å². The molecule has 0 radical (unpaired) electrons. The Bertz CT molecular complexity index is 1110. The molecule has 0 saturated heterocycles. The van der Waals surface area contributed by atoms with Crippen LogP contribution in [0.25, 0.3) is 0 Å². The summed E-state index contributed by atoms with van der Waals surface area (Å²) in [7, 11) is -3.73. The van der Waals surface area contributed by atoms with E-state index in [1.165, 1.54) is 12.1 Å². The molecule has 3 rings (SSSR count). The molecule has 1 atom stereocenters. The number of sulfonamides is 1. The van der Waals surface area contributed by atoms with Crippen molar-refractivity contribution >= 4 is 21.6 Å². The largest absolute Gasteiger partial charge is 0.346 e. The van der Waals surface area contributed by atoms with E-state index >= 15 is 0 Å². The van der Waals surface area contributed by atoms with Crippen LogP contribution in [0.15, 0.2) is 77.7 Å². The van der Waals surface area contributed by atoms with Gasteiger partial charge in [0.25, 0.3) is 15.9 Å². The molecule has 0 aliphatic rings. The Morgan fingerprint density at radius 1 is 0.897 bits per heavy atom. The number of anilines is 1. The van der Waals surface area contributed by atoms with Crippen molar-refractivity contribution in [1.29, 1.82) is 0 Å². The third kappa shape index (κ3) is 5.03. The lowest BCUT2D eigenvalue weighted by Gasteiger charge is -2.16. The summed E-state index contributed by atoms with van der Waals surface area (Å²) in [6, 6.07) is 20.9. The molecule has 0 heterocycles. The first-order valence-corrected chi connectivity index (χ1v) is 10.8. The van der Waals surface area contributed by atoms with Crippen LogP contribution in [-0.2, 0) is 10.0 Å². The normalized spacial score (nSPS) is 12.2. The second-order valence-electron chi connectivity index (χ2n) is 7.05. The quantitative estimate of drug-likeness (QED) is 0.626. The van der Waals surface area contributed by atoms with E-state index < -0.39 is 10.0 Å². The number of benzene rings is 3. The van der Waals surface area contributed by atoms with Crippen LogP contribution in [0.5, 0.6) is 0 Å². The van der Waals surface area contributed by atoms with Crippen LogP contribution >= 0.6 is 0 Å². The van der Waals surface area contributed by atoms with E-state index in [9.17, 15) is 13.2 Å². The van der Waals surface area contributed by atoms with E-state index in [2.05, 4.69) is 10.0 Å². The van der Waals surface area contributed by atoms with E-state index in [-0.39, 0.29) is 16.8 Å². The Hall–Kier alpha value is -3.12. The minimum atomic E-state index is -3.73. The average Bonchev–Trinajstić information content (AvgIpc) is 2.70. The molecule has 6 heteroatoms. The lowest BCUT2D eigenvalue weighted by Crippen LogP contribution is -2.26. The molecule has 150 valence electrons. The number of carbonyl (C=O) groups is 1. The Kier molecular flexibility index (Phi) is 6.03. The van der Waals surface area contributed by atoms with Crippen LogP contribution < -0.4 is 10.0 Å². The van der Waals surface area contributed by atoms with E-state index in [0.717, 1.165) is 16.7 Å². The maximum atomic E-state index is 12.7. The van der Waals surface area contributed by atoms with Gasteiger partial charge in [0, 0.05) is 5.56 Å². The highest BCUT2D eigenvalue weighted by molar-refractivity contribution is 7.92. The topological polar surface area (TPSA) is 75.3 Å². The monoisotopic (exact) mass is 408 g/mol. The van der Waals surface area contributed by atoms with Gasteiger partial charge in [0.2, 0.25) is 0 Å². The Morgan fingerprint density at radius 3 is 2.21 bits per heavy atom. The van der Waals surface area contributed by atoms with E-state index in [0.29, 0.717) is 11.3 Å². The van der Waals surface area contributed by atoms with Crippen molar-refractivity contribution in [3.8, 4) is 0 Å². The molecule has 29 heavy (non-hydrogen) atoms. The number of carbonyl (C=O) groups excluding carboxylic acids is 1. The second kappa shape index (κ2) is 8.49. The zero-order chi connectivity index (χ0) is 21.0. The van der Waals surface area contributed by atoms with Crippen LogP contribution in [0.4, 0.5) is 5.69 Å². The lowest BCUT2D eigenvalue weighted by atomic mass is 10.1. The number of amides is 1. The summed E-state index contributed by atoms with van der Waals surface area (Å²) in [5.74, 6) is -0.266. The van der Waals surface area contributed by atoms with Gasteiger partial charge in [-0.1, -0.05) is 54.1 Å². The highest BCUT2D eigenvalue weighted by Crippen LogP contribution is 2.22. The van der Waals surface area contributed by atoms with E-state index in [1.807, 2.05) is 38.1 Å². The molecule has 3 aromatic carbocycles. The molecule has 1 amide bonds. The molecule has 0 saturated carbocycles. The lowest BCUT2D eigenvalue weighted by molar-refractivity contribution is 0.0940. The van der Waals surface area contributed by atoms with Crippen LogP contribution in [0, 0.1) is 13.8 Å². The summed E-state index contributed by atoms with van der Waals surface area (Å²) in [5.41, 5.74) is 3.65. The molecule has 0 aromatic heterocycles. The highest BCUT2D eigenvalue weighted by atomic mass is 32.2. The predicted molar refractivity (Wildman–Crippen MR) is 115 cm³/mol. The van der Waals surface area contributed by atoms with Crippen LogP contribution in [0.1, 0.15) is 40.0 Å². The number of hydrogen-bond donors (Lipinski definition) is 2. The smallest absolute Gasteiger partial charge is 0.261 e. The van der Waals surface area contributed by atoms with Crippen molar-refractivity contribution in [2.45, 2.75) is 31.7 Å². The van der Waals surface area contributed by atoms with Crippen LogP contribution in [-0.4, -0.2) is 14.3 Å². The Morgan fingerprint density at radius 2 is 1.55 bits per heavy atom. The Balaban J connectivity index is 1.79. The van der Waals surface area contributed by atoms with E-state index in [4.69, 9.17) is 0 Å². The number of rotatable bonds is 6. The molecule has 0 fully saturated rings. The summed E-state index contributed by atoms with van der Waals surface area (Å²) in [4.78, 5) is 12.9. The van der Waals surface area contributed by atoms with Crippen molar-refractivity contribution in [3.05, 3.63) is 95.1 Å². The standard InChI is InChI=1S/C23H24N2O3S/c1-16-9-12-19(13-10-16)18(3)24-23(26)20-14-11-17(2)22(15-20)25-29(27,28)21-7-5-4-6-8-21/h4-15,18,25H,1-3H3,(H,24,26)/t18-/m1/s1. The van der Waals surface area contributed by atoms with Gasteiger partial charge in [0.1, 0.15) is 0 Å². The zero-order valence-electron chi connectivity index (χ0n) is 16.6. The van der Waals surface area contributed by atoms with E-state index in [1.54, 1.807) is 43.3 Å². The molecular formula is C23H24N2O3S. The molecule has 5 nitrogen and oxygen atoms in total. The number of aryl methyl sites for hydroxylation is 2. The fourth-order valence-corrected chi connectivity index (χ4v) is 4.04. The molecule has 0 aliphatic heterocycles. The van der Waals surface area contributed by atoms with Gasteiger partial charge in [0.05, 0.1) is 16.6 Å². The van der Waals surface area contributed by atoms with Gasteiger partial charge < -0.3 is 5.32 Å². The van der Waals surface area contributed by atoms with Crippen molar-refractivity contribution in [1.82, 2.24) is 5.32 Å². The van der Waals surface area contributed by atoms with Crippen LogP contribution in [0.2, 0.25) is 0 Å². The molecular weight excluding hydrogens is 384 g/mol. The first-order chi connectivity index (χ1) is 13.8. The molecule has 0 spiro atoms. The van der Waals surface area contributed by atoms with Gasteiger partial charge in [-0.15, -0.1) is 0 Å². The first kappa shape index (κ1) is 20.6. The zero-order valence-corrected chi connectivity index (χ0v) is 17.5. The van der Waals surface area contributed by atoms with Gasteiger partial charge in [-0.2, -0.15) is 0 Å². The maximum absolute atomic E-state index is 12.7. The second-order valence-corrected chi connectivity index (χ2v) is 8.74. The minimum absolute atomic E-state index is 0.169. The van der Waals surface area contributed by atoms with Crippen molar-refractivity contribution in [3.63, 3.8) is 0 Å². The first-order valence-electron chi connectivity index (χ1n) is 9.32. The third-order valence-electron chi connectivity index (χ3n) is 4.72. The van der Waals surface area contributed by atoms with Crippen molar-refractivity contribution < 1.29 is 13.2 Å². The Labute approximate surface area is 171 Å². The van der Waals surface area contributed by atoms with Gasteiger partial charge in [-0.05, 0) is 56.2 Å². The summed E-state index contributed by atoms with van der Waals surface area (Å²) in [6.45, 7) is 5.71. The average molecular weight is 409 g/mol. The fourth-order valence-electron chi connectivity index (χ4n) is 2.89. The van der Waals surface area contributed by atoms with Gasteiger partial charge in [0.15, 0.2) is 0 Å². The highest BCUT2D eigenvalue weighted by Gasteiger charge is 2.17. The van der Waals surface area contributed by atoms with Crippen molar-refractivity contribution in [2.75, 3.05) is 4.72 Å². The van der Waals surface area contributed by atoms with Gasteiger partial charge >= 0.3 is 0 Å². The predicted octanol–water partition coefficient (Wildman–Crippen LogP) is 4.60. The molecule has 2 N–H and O–H groups in total. The minimum Gasteiger partial charge on any atom is -0.346 e. The van der Waals surface area contributed by atoms with Crippen molar-refractivity contribution in [2.24, 2.45) is 0 Å². The summed E-state index contributed by atoms with van der Waals surface area (Å²) in [5, 5.41) is 2.96. The number of hydrogen-bond acceptors (Lipinski definition) is 3. The fraction of sp³-hybridized carbons (Fsp3) is 0.174. The summed E-state index contributed by atoms with van der Waals surface area (Å²) >= 11 is 0. The SMILES string of the molecule is Cc1ccc([C@@H](C)NC(=O)c2ccc(C)c(NS(=O)(=O)c3ccccc3)c2)cc1.